The molecule has 1 aromatic carbocycles. The van der Waals surface area contributed by atoms with E-state index in [2.05, 4.69) is 53.0 Å². The molecule has 1 aromatic rings. The first-order valence-corrected chi connectivity index (χ1v) is 6.23. The van der Waals surface area contributed by atoms with Crippen LogP contribution >= 0.6 is 15.9 Å². The fourth-order valence-electron chi connectivity index (χ4n) is 1.51. The minimum Gasteiger partial charge on any atom is -0.496 e. The minimum atomic E-state index is 0.868. The molecule has 0 aliphatic heterocycles. The van der Waals surface area contributed by atoms with Gasteiger partial charge in [-0.05, 0) is 25.1 Å². The highest BCUT2D eigenvalue weighted by Crippen LogP contribution is 2.21. The Kier molecular flexibility index (Phi) is 5.12. The third-order valence-corrected chi connectivity index (χ3v) is 3.25. The maximum absolute atomic E-state index is 5.35. The number of halogens is 1. The number of nitrogens with zero attached hydrogens (tertiary/aromatic N) is 1. The topological polar surface area (TPSA) is 12.5 Å². The zero-order valence-corrected chi connectivity index (χ0v) is 11.2. The van der Waals surface area contributed by atoms with Crippen molar-refractivity contribution in [3.63, 3.8) is 0 Å². The van der Waals surface area contributed by atoms with Crippen molar-refractivity contribution in [3.05, 3.63) is 29.3 Å². The summed E-state index contributed by atoms with van der Waals surface area (Å²) in [4.78, 5) is 2.19. The predicted octanol–water partition coefficient (Wildman–Crippen LogP) is 3.04. The molecule has 0 atom stereocenters. The molecule has 2 nitrogen and oxygen atoms in total. The molecule has 0 aliphatic carbocycles. The van der Waals surface area contributed by atoms with Crippen LogP contribution in [0.25, 0.3) is 0 Å². The van der Waals surface area contributed by atoms with E-state index in [4.69, 9.17) is 4.74 Å². The molecule has 0 spiro atoms. The standard InChI is InChI=1S/C12H18BrNO/c1-4-10-5-6-12(15-3)11(7-10)8-14(2)9-13/h5-7H,4,8-9H2,1-3H3. The molecular weight excluding hydrogens is 254 g/mol. The van der Waals surface area contributed by atoms with Crippen molar-refractivity contribution in [2.75, 3.05) is 19.6 Å². The van der Waals surface area contributed by atoms with E-state index in [1.165, 1.54) is 11.1 Å². The van der Waals surface area contributed by atoms with E-state index in [0.29, 0.717) is 0 Å². The maximum atomic E-state index is 5.35. The van der Waals surface area contributed by atoms with Crippen molar-refractivity contribution in [3.8, 4) is 5.75 Å². The Balaban J connectivity index is 2.90. The zero-order chi connectivity index (χ0) is 11.3. The van der Waals surface area contributed by atoms with Crippen molar-refractivity contribution >= 4 is 15.9 Å². The first-order chi connectivity index (χ1) is 7.21. The van der Waals surface area contributed by atoms with Crippen LogP contribution in [0.3, 0.4) is 0 Å². The largest absolute Gasteiger partial charge is 0.496 e. The first kappa shape index (κ1) is 12.5. The van der Waals surface area contributed by atoms with E-state index in [-0.39, 0.29) is 0 Å². The van der Waals surface area contributed by atoms with E-state index in [1.54, 1.807) is 7.11 Å². The maximum Gasteiger partial charge on any atom is 0.123 e. The average molecular weight is 272 g/mol. The monoisotopic (exact) mass is 271 g/mol. The minimum absolute atomic E-state index is 0.868. The molecule has 0 saturated heterocycles. The Labute approximate surface area is 100 Å². The Bertz CT molecular complexity index is 314. The van der Waals surface area contributed by atoms with Gasteiger partial charge in [0.1, 0.15) is 5.75 Å². The van der Waals surface area contributed by atoms with Crippen LogP contribution in [0.2, 0.25) is 0 Å². The highest BCUT2D eigenvalue weighted by atomic mass is 79.9. The van der Waals surface area contributed by atoms with Gasteiger partial charge in [0.25, 0.3) is 0 Å². The SMILES string of the molecule is CCc1ccc(OC)c(CN(C)CBr)c1. The summed E-state index contributed by atoms with van der Waals surface area (Å²) in [6, 6.07) is 6.39. The lowest BCUT2D eigenvalue weighted by Gasteiger charge is -2.16. The summed E-state index contributed by atoms with van der Waals surface area (Å²) in [7, 11) is 3.80. The van der Waals surface area contributed by atoms with Crippen LogP contribution in [0.1, 0.15) is 18.1 Å². The Morgan fingerprint density at radius 2 is 2.13 bits per heavy atom. The molecule has 3 heteroatoms. The molecule has 15 heavy (non-hydrogen) atoms. The normalized spacial score (nSPS) is 10.7. The molecule has 0 aliphatic rings. The smallest absolute Gasteiger partial charge is 0.123 e. The van der Waals surface area contributed by atoms with Crippen molar-refractivity contribution in [1.82, 2.24) is 4.90 Å². The average Bonchev–Trinajstić information content (AvgIpc) is 2.28. The van der Waals surface area contributed by atoms with Gasteiger partial charge in [-0.1, -0.05) is 35.0 Å². The zero-order valence-electron chi connectivity index (χ0n) is 9.59. The van der Waals surface area contributed by atoms with Crippen LogP contribution in [-0.2, 0) is 13.0 Å². The molecule has 0 N–H and O–H groups in total. The van der Waals surface area contributed by atoms with E-state index in [9.17, 15) is 0 Å². The summed E-state index contributed by atoms with van der Waals surface area (Å²) in [6.07, 6.45) is 1.06. The number of aryl methyl sites for hydroxylation is 1. The lowest BCUT2D eigenvalue weighted by atomic mass is 10.1. The van der Waals surface area contributed by atoms with Crippen LogP contribution in [0, 0.1) is 0 Å². The second-order valence-electron chi connectivity index (χ2n) is 3.63. The van der Waals surface area contributed by atoms with Gasteiger partial charge in [0.05, 0.1) is 12.6 Å². The number of methoxy groups -OCH3 is 1. The Hall–Kier alpha value is -0.540. The third-order valence-electron chi connectivity index (χ3n) is 2.40. The van der Waals surface area contributed by atoms with Gasteiger partial charge in [0.15, 0.2) is 0 Å². The fourth-order valence-corrected chi connectivity index (χ4v) is 1.69. The molecule has 0 saturated carbocycles. The molecule has 0 unspecified atom stereocenters. The molecular formula is C12H18BrNO. The molecule has 0 amide bonds. The molecule has 0 aromatic heterocycles. The van der Waals surface area contributed by atoms with Gasteiger partial charge in [0, 0.05) is 12.1 Å². The number of hydrogen-bond donors (Lipinski definition) is 0. The summed E-state index contributed by atoms with van der Waals surface area (Å²) >= 11 is 3.44. The summed E-state index contributed by atoms with van der Waals surface area (Å²) in [5.74, 6) is 0.972. The molecule has 0 radical (unpaired) electrons. The van der Waals surface area contributed by atoms with Gasteiger partial charge < -0.3 is 4.74 Å². The van der Waals surface area contributed by atoms with Crippen LogP contribution in [0.4, 0.5) is 0 Å². The quantitative estimate of drug-likeness (QED) is 0.603. The third kappa shape index (κ3) is 3.50. The van der Waals surface area contributed by atoms with Crippen molar-refractivity contribution in [1.29, 1.82) is 0 Å². The van der Waals surface area contributed by atoms with Crippen LogP contribution in [-0.4, -0.2) is 24.5 Å². The highest BCUT2D eigenvalue weighted by molar-refractivity contribution is 9.09. The van der Waals surface area contributed by atoms with Crippen molar-refractivity contribution < 1.29 is 4.74 Å². The second kappa shape index (κ2) is 6.13. The number of benzene rings is 1. The van der Waals surface area contributed by atoms with E-state index < -0.39 is 0 Å². The number of rotatable bonds is 5. The molecule has 0 bridgehead atoms. The first-order valence-electron chi connectivity index (χ1n) is 5.11. The lowest BCUT2D eigenvalue weighted by Crippen LogP contribution is -2.15. The fraction of sp³-hybridized carbons (Fsp3) is 0.500. The summed E-state index contributed by atoms with van der Waals surface area (Å²) in [5.41, 5.74) is 3.47. The van der Waals surface area contributed by atoms with Crippen molar-refractivity contribution in [2.45, 2.75) is 19.9 Å². The lowest BCUT2D eigenvalue weighted by molar-refractivity contribution is 0.364. The summed E-state index contributed by atoms with van der Waals surface area (Å²) < 4.78 is 5.35. The van der Waals surface area contributed by atoms with Gasteiger partial charge >= 0.3 is 0 Å². The second-order valence-corrected chi connectivity index (χ2v) is 4.13. The highest BCUT2D eigenvalue weighted by Gasteiger charge is 2.06. The number of ether oxygens (including phenoxy) is 1. The van der Waals surface area contributed by atoms with Crippen LogP contribution < -0.4 is 4.74 Å². The molecule has 0 fully saturated rings. The van der Waals surface area contributed by atoms with Crippen LogP contribution in [0.5, 0.6) is 5.75 Å². The number of hydrogen-bond acceptors (Lipinski definition) is 2. The number of alkyl halides is 1. The van der Waals surface area contributed by atoms with Gasteiger partial charge in [0.2, 0.25) is 0 Å². The van der Waals surface area contributed by atoms with Crippen LogP contribution in [0.15, 0.2) is 18.2 Å². The van der Waals surface area contributed by atoms with Gasteiger partial charge in [-0.2, -0.15) is 0 Å². The van der Waals surface area contributed by atoms with Gasteiger partial charge in [-0.15, -0.1) is 0 Å². The predicted molar refractivity (Wildman–Crippen MR) is 67.6 cm³/mol. The van der Waals surface area contributed by atoms with Gasteiger partial charge in [-0.25, -0.2) is 0 Å². The molecule has 0 heterocycles. The van der Waals surface area contributed by atoms with E-state index in [0.717, 1.165) is 24.2 Å². The Morgan fingerprint density at radius 3 is 2.67 bits per heavy atom. The van der Waals surface area contributed by atoms with Gasteiger partial charge in [-0.3, -0.25) is 4.90 Å². The Morgan fingerprint density at radius 1 is 1.40 bits per heavy atom. The van der Waals surface area contributed by atoms with E-state index >= 15 is 0 Å². The molecule has 84 valence electrons. The molecule has 1 rings (SSSR count). The van der Waals surface area contributed by atoms with E-state index in [1.807, 2.05) is 0 Å². The van der Waals surface area contributed by atoms with Crippen molar-refractivity contribution in [2.24, 2.45) is 0 Å². The summed E-state index contributed by atoms with van der Waals surface area (Å²) in [5, 5.41) is 0. The summed E-state index contributed by atoms with van der Waals surface area (Å²) in [6.45, 7) is 3.07.